The monoisotopic (exact) mass is 404 g/mol. The van der Waals surface area contributed by atoms with Crippen molar-refractivity contribution >= 4 is 11.6 Å². The second kappa shape index (κ2) is 7.58. The van der Waals surface area contributed by atoms with Gasteiger partial charge in [-0.2, -0.15) is 4.98 Å². The lowest BCUT2D eigenvalue weighted by Gasteiger charge is -2.14. The van der Waals surface area contributed by atoms with Crippen molar-refractivity contribution in [3.63, 3.8) is 0 Å². The van der Waals surface area contributed by atoms with E-state index in [0.717, 1.165) is 24.2 Å². The molecule has 1 fully saturated rings. The number of amides is 1. The number of para-hydroxylation sites is 1. The minimum absolute atomic E-state index is 0.230. The van der Waals surface area contributed by atoms with E-state index in [1.165, 1.54) is 0 Å². The Morgan fingerprint density at radius 3 is 2.90 bits per heavy atom. The van der Waals surface area contributed by atoms with Crippen molar-refractivity contribution in [3.05, 3.63) is 60.3 Å². The molecule has 1 amide bonds. The maximum Gasteiger partial charge on any atom is 0.261 e. The van der Waals surface area contributed by atoms with Crippen LogP contribution in [0.5, 0.6) is 5.75 Å². The first-order valence-corrected chi connectivity index (χ1v) is 9.84. The van der Waals surface area contributed by atoms with Crippen molar-refractivity contribution in [1.29, 1.82) is 0 Å². The Hall–Kier alpha value is -3.75. The van der Waals surface area contributed by atoms with Crippen LogP contribution in [-0.2, 0) is 11.3 Å². The van der Waals surface area contributed by atoms with Gasteiger partial charge in [-0.05, 0) is 44.0 Å². The van der Waals surface area contributed by atoms with Gasteiger partial charge < -0.3 is 14.6 Å². The summed E-state index contributed by atoms with van der Waals surface area (Å²) in [7, 11) is 0. The van der Waals surface area contributed by atoms with Crippen molar-refractivity contribution in [3.8, 4) is 17.2 Å². The second-order valence-electron chi connectivity index (χ2n) is 7.28. The van der Waals surface area contributed by atoms with E-state index in [-0.39, 0.29) is 12.5 Å². The van der Waals surface area contributed by atoms with Gasteiger partial charge in [0.05, 0.1) is 6.54 Å². The average Bonchev–Trinajstić information content (AvgIpc) is 3.36. The van der Waals surface area contributed by atoms with Gasteiger partial charge in [0.1, 0.15) is 5.75 Å². The van der Waals surface area contributed by atoms with Crippen molar-refractivity contribution < 1.29 is 14.1 Å². The molecule has 1 aliphatic carbocycles. The molecule has 0 spiro atoms. The van der Waals surface area contributed by atoms with Crippen molar-refractivity contribution in [1.82, 2.24) is 30.1 Å². The van der Waals surface area contributed by atoms with E-state index in [1.54, 1.807) is 6.92 Å². The van der Waals surface area contributed by atoms with Crippen LogP contribution < -0.4 is 10.1 Å². The average molecular weight is 404 g/mol. The van der Waals surface area contributed by atoms with Gasteiger partial charge >= 0.3 is 0 Å². The summed E-state index contributed by atoms with van der Waals surface area (Å²) in [4.78, 5) is 16.8. The number of aromatic nitrogens is 5. The summed E-state index contributed by atoms with van der Waals surface area (Å²) in [5, 5.41) is 15.3. The van der Waals surface area contributed by atoms with Crippen LogP contribution in [0.3, 0.4) is 0 Å². The van der Waals surface area contributed by atoms with Crippen molar-refractivity contribution in [2.75, 3.05) is 0 Å². The summed E-state index contributed by atoms with van der Waals surface area (Å²) in [5.74, 6) is 2.70. The Labute approximate surface area is 172 Å². The van der Waals surface area contributed by atoms with Crippen molar-refractivity contribution in [2.45, 2.75) is 38.3 Å². The zero-order chi connectivity index (χ0) is 20.5. The van der Waals surface area contributed by atoms with Gasteiger partial charge in [-0.15, -0.1) is 10.2 Å². The van der Waals surface area contributed by atoms with Crippen molar-refractivity contribution in [2.24, 2.45) is 0 Å². The molecular formula is C21H20N6O3. The molecule has 4 aromatic rings. The highest BCUT2D eigenvalue weighted by Crippen LogP contribution is 2.38. The lowest BCUT2D eigenvalue weighted by molar-refractivity contribution is -0.127. The van der Waals surface area contributed by atoms with Crippen LogP contribution in [0.25, 0.3) is 17.1 Å². The highest BCUT2D eigenvalue weighted by atomic mass is 16.5. The Kier molecular flexibility index (Phi) is 4.62. The van der Waals surface area contributed by atoms with E-state index in [4.69, 9.17) is 9.26 Å². The zero-order valence-electron chi connectivity index (χ0n) is 16.4. The molecule has 1 unspecified atom stereocenters. The topological polar surface area (TPSA) is 107 Å². The van der Waals surface area contributed by atoms with Gasteiger partial charge in [-0.3, -0.25) is 9.20 Å². The van der Waals surface area contributed by atoms with Crippen LogP contribution >= 0.6 is 0 Å². The number of ether oxygens (including phenoxy) is 1. The lowest BCUT2D eigenvalue weighted by atomic mass is 10.2. The molecule has 0 radical (unpaired) electrons. The normalized spacial score (nSPS) is 14.6. The molecule has 5 rings (SSSR count). The first-order chi connectivity index (χ1) is 14.7. The quantitative estimate of drug-likeness (QED) is 0.505. The zero-order valence-corrected chi connectivity index (χ0v) is 16.4. The number of pyridine rings is 1. The summed E-state index contributed by atoms with van der Waals surface area (Å²) < 4.78 is 12.8. The number of rotatable bonds is 7. The number of carbonyl (C=O) groups is 1. The molecule has 30 heavy (non-hydrogen) atoms. The summed E-state index contributed by atoms with van der Waals surface area (Å²) in [6.45, 7) is 1.94. The molecule has 1 N–H and O–H groups in total. The van der Waals surface area contributed by atoms with Gasteiger partial charge in [0.25, 0.3) is 11.8 Å². The predicted octanol–water partition coefficient (Wildman–Crippen LogP) is 2.74. The summed E-state index contributed by atoms with van der Waals surface area (Å²) in [6, 6.07) is 12.9. The predicted molar refractivity (Wildman–Crippen MR) is 107 cm³/mol. The van der Waals surface area contributed by atoms with E-state index in [9.17, 15) is 4.79 Å². The third kappa shape index (κ3) is 3.73. The maximum absolute atomic E-state index is 12.4. The highest BCUT2D eigenvalue weighted by Gasteiger charge is 2.29. The van der Waals surface area contributed by atoms with Crippen LogP contribution in [0.1, 0.15) is 37.3 Å². The van der Waals surface area contributed by atoms with Crippen LogP contribution in [-0.4, -0.2) is 36.7 Å². The minimum atomic E-state index is -0.628. The highest BCUT2D eigenvalue weighted by molar-refractivity contribution is 5.80. The van der Waals surface area contributed by atoms with Crippen LogP contribution in [0.2, 0.25) is 0 Å². The molecule has 1 aromatic carbocycles. The molecule has 1 saturated carbocycles. The summed E-state index contributed by atoms with van der Waals surface area (Å²) >= 11 is 0. The van der Waals surface area contributed by atoms with E-state index in [0.29, 0.717) is 29.0 Å². The largest absolute Gasteiger partial charge is 0.481 e. The SMILES string of the molecule is CC(Oc1ccccc1)C(=O)NCc1nnc2cc(-c3nc(C4CC4)no3)ccn12. The van der Waals surface area contributed by atoms with E-state index < -0.39 is 6.10 Å². The Morgan fingerprint density at radius 1 is 1.27 bits per heavy atom. The molecule has 1 aliphatic rings. The van der Waals surface area contributed by atoms with Gasteiger partial charge in [-0.25, -0.2) is 0 Å². The maximum atomic E-state index is 12.4. The molecule has 1 atom stereocenters. The van der Waals surface area contributed by atoms with E-state index in [2.05, 4.69) is 25.7 Å². The third-order valence-electron chi connectivity index (χ3n) is 4.96. The number of carbonyl (C=O) groups excluding carboxylic acids is 1. The second-order valence-corrected chi connectivity index (χ2v) is 7.28. The summed E-state index contributed by atoms with van der Waals surface area (Å²) in [5.41, 5.74) is 1.42. The van der Waals surface area contributed by atoms with Gasteiger partial charge in [0.2, 0.25) is 0 Å². The van der Waals surface area contributed by atoms with Crippen LogP contribution in [0.15, 0.2) is 53.2 Å². The molecule has 9 nitrogen and oxygen atoms in total. The van der Waals surface area contributed by atoms with Gasteiger partial charge in [0, 0.05) is 17.7 Å². The standard InChI is InChI=1S/C21H20N6O3/c1-13(29-16-5-3-2-4-6-16)20(28)22-12-18-25-24-17-11-15(9-10-27(17)18)21-23-19(26-30-21)14-7-8-14/h2-6,9-11,13-14H,7-8,12H2,1H3,(H,22,28). The number of hydrogen-bond donors (Lipinski definition) is 1. The Bertz CT molecular complexity index is 1180. The van der Waals surface area contributed by atoms with Gasteiger partial charge in [0.15, 0.2) is 23.4 Å². The first-order valence-electron chi connectivity index (χ1n) is 9.84. The Morgan fingerprint density at radius 2 is 2.10 bits per heavy atom. The fraction of sp³-hybridized carbons (Fsp3) is 0.286. The van der Waals surface area contributed by atoms with E-state index in [1.807, 2.05) is 53.1 Å². The number of nitrogens with one attached hydrogen (secondary N) is 1. The number of hydrogen-bond acceptors (Lipinski definition) is 7. The number of fused-ring (bicyclic) bond motifs is 1. The summed E-state index contributed by atoms with van der Waals surface area (Å²) in [6.07, 6.45) is 3.44. The first kappa shape index (κ1) is 18.3. The molecule has 3 heterocycles. The van der Waals surface area contributed by atoms with Crippen LogP contribution in [0.4, 0.5) is 0 Å². The molecule has 0 saturated heterocycles. The Balaban J connectivity index is 1.25. The molecular weight excluding hydrogens is 384 g/mol. The molecule has 9 heteroatoms. The minimum Gasteiger partial charge on any atom is -0.481 e. The number of benzene rings is 1. The molecule has 0 aliphatic heterocycles. The molecule has 152 valence electrons. The molecule has 3 aromatic heterocycles. The number of nitrogens with zero attached hydrogens (tertiary/aromatic N) is 5. The van der Waals surface area contributed by atoms with E-state index >= 15 is 0 Å². The fourth-order valence-electron chi connectivity index (χ4n) is 3.12. The fourth-order valence-corrected chi connectivity index (χ4v) is 3.12. The lowest BCUT2D eigenvalue weighted by Crippen LogP contribution is -2.36. The smallest absolute Gasteiger partial charge is 0.261 e. The molecule has 0 bridgehead atoms. The van der Waals surface area contributed by atoms with Crippen LogP contribution in [0, 0.1) is 0 Å². The van der Waals surface area contributed by atoms with Gasteiger partial charge in [-0.1, -0.05) is 23.4 Å². The third-order valence-corrected chi connectivity index (χ3v) is 4.96.